The second kappa shape index (κ2) is 14.2. The predicted molar refractivity (Wildman–Crippen MR) is 157 cm³/mol. The molecule has 210 valence electrons. The van der Waals surface area contributed by atoms with Crippen LogP contribution in [0, 0.1) is 11.7 Å². The van der Waals surface area contributed by atoms with Crippen molar-refractivity contribution in [2.75, 3.05) is 6.54 Å². The van der Waals surface area contributed by atoms with E-state index in [2.05, 4.69) is 44.6 Å². The van der Waals surface area contributed by atoms with Gasteiger partial charge >= 0.3 is 0 Å². The molecule has 2 aromatic carbocycles. The second-order valence-corrected chi connectivity index (χ2v) is 10.3. The standard InChI is InChI=1S/C29H28FN3O3.C4H10/c1-4-25-27-26(29(35)33-25)24(16-23(32-27)15-8-19-6-13-22(30)14-7-19)20-9-11-21(12-10-20)28(34)31-17-18(3)36-5-2;1-4(2)3/h5-7,9-14,16,25H,2-4,8,15,17H2,1H3,(H,31,34)(H,33,35);4H,1-3H3. The summed E-state index contributed by atoms with van der Waals surface area (Å²) in [6, 6.07) is 15.3. The van der Waals surface area contributed by atoms with Crippen LogP contribution in [0.4, 0.5) is 4.39 Å². The van der Waals surface area contributed by atoms with Crippen molar-refractivity contribution in [2.24, 2.45) is 5.92 Å². The highest BCUT2D eigenvalue weighted by Gasteiger charge is 2.32. The van der Waals surface area contributed by atoms with Gasteiger partial charge in [-0.05, 0) is 72.2 Å². The zero-order chi connectivity index (χ0) is 29.2. The summed E-state index contributed by atoms with van der Waals surface area (Å²) in [5, 5.41) is 5.76. The van der Waals surface area contributed by atoms with E-state index in [1.165, 1.54) is 18.4 Å². The van der Waals surface area contributed by atoms with Gasteiger partial charge in [0, 0.05) is 11.3 Å². The van der Waals surface area contributed by atoms with Crippen LogP contribution in [-0.2, 0) is 17.6 Å². The van der Waals surface area contributed by atoms with Gasteiger partial charge in [-0.15, -0.1) is 0 Å². The third kappa shape index (κ3) is 8.12. The Labute approximate surface area is 236 Å². The van der Waals surface area contributed by atoms with E-state index in [0.717, 1.165) is 40.4 Å². The van der Waals surface area contributed by atoms with E-state index >= 15 is 0 Å². The lowest BCUT2D eigenvalue weighted by atomic mass is 9.95. The van der Waals surface area contributed by atoms with Crippen molar-refractivity contribution in [1.82, 2.24) is 15.6 Å². The maximum atomic E-state index is 13.3. The minimum Gasteiger partial charge on any atom is -0.469 e. The summed E-state index contributed by atoms with van der Waals surface area (Å²) in [7, 11) is 0. The van der Waals surface area contributed by atoms with E-state index in [-0.39, 0.29) is 30.2 Å². The van der Waals surface area contributed by atoms with Gasteiger partial charge in [0.1, 0.15) is 11.6 Å². The molecule has 3 aromatic rings. The van der Waals surface area contributed by atoms with Gasteiger partial charge < -0.3 is 15.4 Å². The van der Waals surface area contributed by atoms with Gasteiger partial charge in [-0.1, -0.05) is 65.1 Å². The molecule has 0 radical (unpaired) electrons. The molecular weight excluding hydrogens is 505 g/mol. The molecule has 1 aromatic heterocycles. The van der Waals surface area contributed by atoms with E-state index in [1.54, 1.807) is 24.3 Å². The third-order valence-corrected chi connectivity index (χ3v) is 6.11. The van der Waals surface area contributed by atoms with Crippen molar-refractivity contribution in [3.05, 3.63) is 114 Å². The Balaban J connectivity index is 0.00000103. The summed E-state index contributed by atoms with van der Waals surface area (Å²) >= 11 is 0. The first-order valence-electron chi connectivity index (χ1n) is 13.6. The molecule has 0 saturated carbocycles. The number of amides is 2. The number of benzene rings is 2. The molecule has 0 saturated heterocycles. The molecule has 1 aliphatic rings. The number of nitrogens with one attached hydrogen (secondary N) is 2. The predicted octanol–water partition coefficient (Wildman–Crippen LogP) is 6.93. The highest BCUT2D eigenvalue weighted by atomic mass is 19.1. The highest BCUT2D eigenvalue weighted by molar-refractivity contribution is 6.05. The van der Waals surface area contributed by atoms with Crippen molar-refractivity contribution in [3.8, 4) is 11.1 Å². The van der Waals surface area contributed by atoms with Crippen LogP contribution in [0.1, 0.15) is 77.8 Å². The second-order valence-electron chi connectivity index (χ2n) is 10.3. The number of hydrogen-bond acceptors (Lipinski definition) is 4. The molecular formula is C33H38FN3O3. The zero-order valence-corrected chi connectivity index (χ0v) is 23.7. The van der Waals surface area contributed by atoms with Gasteiger partial charge in [-0.2, -0.15) is 0 Å². The number of hydrogen-bond donors (Lipinski definition) is 2. The van der Waals surface area contributed by atoms with Crippen LogP contribution in [0.3, 0.4) is 0 Å². The molecule has 1 atom stereocenters. The first-order chi connectivity index (χ1) is 19.1. The molecule has 1 aliphatic heterocycles. The summed E-state index contributed by atoms with van der Waals surface area (Å²) in [6.45, 7) is 15.8. The van der Waals surface area contributed by atoms with Crippen LogP contribution < -0.4 is 10.6 Å². The minimum absolute atomic E-state index is 0.145. The first-order valence-corrected chi connectivity index (χ1v) is 13.6. The number of aromatic nitrogens is 1. The Morgan fingerprint density at radius 2 is 1.77 bits per heavy atom. The van der Waals surface area contributed by atoms with Crippen molar-refractivity contribution < 1.29 is 18.7 Å². The minimum atomic E-state index is -0.265. The normalized spacial score (nSPS) is 13.6. The van der Waals surface area contributed by atoms with E-state index in [1.807, 2.05) is 25.1 Å². The number of pyridine rings is 1. The fourth-order valence-corrected chi connectivity index (χ4v) is 4.23. The van der Waals surface area contributed by atoms with Gasteiger partial charge in [-0.25, -0.2) is 4.39 Å². The molecule has 4 rings (SSSR count). The van der Waals surface area contributed by atoms with Gasteiger partial charge in [0.25, 0.3) is 11.8 Å². The lowest BCUT2D eigenvalue weighted by Crippen LogP contribution is -2.25. The number of halogens is 1. The number of aryl methyl sites for hydroxylation is 2. The van der Waals surface area contributed by atoms with Crippen LogP contribution in [0.15, 0.2) is 79.8 Å². The number of carbonyl (C=O) groups is 2. The average Bonchev–Trinajstić information content (AvgIpc) is 3.26. The van der Waals surface area contributed by atoms with Gasteiger partial charge in [0.05, 0.1) is 30.1 Å². The number of carbonyl (C=O) groups excluding carboxylic acids is 2. The smallest absolute Gasteiger partial charge is 0.254 e. The fraction of sp³-hybridized carbons (Fsp3) is 0.303. The molecule has 6 nitrogen and oxygen atoms in total. The number of fused-ring (bicyclic) bond motifs is 1. The van der Waals surface area contributed by atoms with E-state index in [4.69, 9.17) is 9.72 Å². The molecule has 0 spiro atoms. The summed E-state index contributed by atoms with van der Waals surface area (Å²) < 4.78 is 18.3. The summed E-state index contributed by atoms with van der Waals surface area (Å²) in [5.74, 6) is 0.539. The number of nitrogens with zero attached hydrogens (tertiary/aromatic N) is 1. The highest BCUT2D eigenvalue weighted by Crippen LogP contribution is 2.35. The van der Waals surface area contributed by atoms with Gasteiger partial charge in [-0.3, -0.25) is 14.6 Å². The van der Waals surface area contributed by atoms with Crippen LogP contribution in [-0.4, -0.2) is 23.3 Å². The lowest BCUT2D eigenvalue weighted by molar-refractivity contribution is 0.0945. The zero-order valence-electron chi connectivity index (χ0n) is 23.7. The molecule has 1 unspecified atom stereocenters. The maximum Gasteiger partial charge on any atom is 0.254 e. The summed E-state index contributed by atoms with van der Waals surface area (Å²) in [6.07, 6.45) is 3.33. The van der Waals surface area contributed by atoms with Crippen molar-refractivity contribution in [3.63, 3.8) is 0 Å². The van der Waals surface area contributed by atoms with Gasteiger partial charge in [0.15, 0.2) is 0 Å². The van der Waals surface area contributed by atoms with Crippen molar-refractivity contribution >= 4 is 11.8 Å². The van der Waals surface area contributed by atoms with Crippen LogP contribution in [0.2, 0.25) is 0 Å². The van der Waals surface area contributed by atoms with Gasteiger partial charge in [0.2, 0.25) is 0 Å². The monoisotopic (exact) mass is 543 g/mol. The number of ether oxygens (including phenoxy) is 1. The first kappa shape index (κ1) is 30.3. The molecule has 0 fully saturated rings. The Kier molecular flexibility index (Phi) is 10.8. The van der Waals surface area contributed by atoms with Crippen molar-refractivity contribution in [1.29, 1.82) is 0 Å². The van der Waals surface area contributed by atoms with Crippen LogP contribution >= 0.6 is 0 Å². The quantitative estimate of drug-likeness (QED) is 0.272. The Hall–Kier alpha value is -4.26. The SMILES string of the molecule is C=COC(=C)CNC(=O)c1ccc(-c2cc(CCc3ccc(F)cc3)nc3c2C(=O)NC3CC)cc1.CC(C)C. The van der Waals surface area contributed by atoms with E-state index in [9.17, 15) is 14.0 Å². The fourth-order valence-electron chi connectivity index (χ4n) is 4.23. The topological polar surface area (TPSA) is 80.3 Å². The summed E-state index contributed by atoms with van der Waals surface area (Å²) in [4.78, 5) is 30.2. The number of rotatable bonds is 10. The molecule has 7 heteroatoms. The molecule has 40 heavy (non-hydrogen) atoms. The van der Waals surface area contributed by atoms with Crippen LogP contribution in [0.5, 0.6) is 0 Å². The van der Waals surface area contributed by atoms with Crippen molar-refractivity contribution in [2.45, 2.75) is 53.0 Å². The Morgan fingerprint density at radius 3 is 2.38 bits per heavy atom. The molecule has 2 N–H and O–H groups in total. The van der Waals surface area contributed by atoms with E-state index in [0.29, 0.717) is 29.7 Å². The molecule has 0 bridgehead atoms. The van der Waals surface area contributed by atoms with Crippen LogP contribution in [0.25, 0.3) is 11.1 Å². The Bertz CT molecular complexity index is 1350. The molecule has 0 aliphatic carbocycles. The lowest BCUT2D eigenvalue weighted by Gasteiger charge is -2.13. The maximum absolute atomic E-state index is 13.3. The molecule has 2 heterocycles. The van der Waals surface area contributed by atoms with E-state index < -0.39 is 0 Å². The summed E-state index contributed by atoms with van der Waals surface area (Å²) in [5.41, 5.74) is 5.26. The third-order valence-electron chi connectivity index (χ3n) is 6.11. The Morgan fingerprint density at radius 1 is 1.12 bits per heavy atom. The largest absolute Gasteiger partial charge is 0.469 e. The molecule has 2 amide bonds. The average molecular weight is 544 g/mol.